The monoisotopic (exact) mass is 643 g/mol. The summed E-state index contributed by atoms with van der Waals surface area (Å²) < 4.78 is 21.9. The maximum Gasteiger partial charge on any atom is 1.00 e. The van der Waals surface area contributed by atoms with E-state index in [1.54, 1.807) is 0 Å². The van der Waals surface area contributed by atoms with Gasteiger partial charge < -0.3 is 54.6 Å². The smallest absolute Gasteiger partial charge is 0.544 e. The Morgan fingerprint density at radius 3 is 1.86 bits per heavy atom. The Labute approximate surface area is 285 Å². The topological polar surface area (TPSA) is 187 Å². The zero-order chi connectivity index (χ0) is 31.9. The number of carboxylic acids is 1. The summed E-state index contributed by atoms with van der Waals surface area (Å²) in [7, 11) is 0. The molecule has 1 aliphatic heterocycles. The molecule has 0 aromatic carbocycles. The van der Waals surface area contributed by atoms with Crippen LogP contribution in [0.5, 0.6) is 0 Å². The van der Waals surface area contributed by atoms with Gasteiger partial charge in [-0.05, 0) is 12.8 Å². The number of carbonyl (C=O) groups is 2. The van der Waals surface area contributed by atoms with Gasteiger partial charge in [-0.15, -0.1) is 0 Å². The van der Waals surface area contributed by atoms with E-state index in [9.17, 15) is 35.1 Å². The summed E-state index contributed by atoms with van der Waals surface area (Å²) in [5, 5.41) is 54.4. The third kappa shape index (κ3) is 18.1. The minimum atomic E-state index is -2.44. The molecule has 0 radical (unpaired) electrons. The molecule has 0 aliphatic carbocycles. The molecule has 0 bridgehead atoms. The summed E-state index contributed by atoms with van der Waals surface area (Å²) >= 11 is 0. The Balaban J connectivity index is 0.0000185. The van der Waals surface area contributed by atoms with Crippen LogP contribution in [-0.2, 0) is 28.5 Å². The third-order valence-electron chi connectivity index (χ3n) is 7.75. The molecule has 0 aromatic rings. The van der Waals surface area contributed by atoms with Crippen LogP contribution in [0.15, 0.2) is 0 Å². The largest absolute Gasteiger partial charge is 1.00 e. The van der Waals surface area contributed by atoms with Crippen molar-refractivity contribution in [1.29, 1.82) is 0 Å². The number of rotatable bonds is 27. The van der Waals surface area contributed by atoms with Crippen LogP contribution >= 0.6 is 0 Å². The zero-order valence-corrected chi connectivity index (χ0v) is 29.4. The Kier molecular flexibility index (Phi) is 26.4. The average molecular weight is 644 g/mol. The summed E-state index contributed by atoms with van der Waals surface area (Å²) in [5.41, 5.74) is 0. The van der Waals surface area contributed by atoms with Gasteiger partial charge in [0.05, 0.1) is 32.0 Å². The number of hydrogen-bond donors (Lipinski definition) is 5. The summed E-state index contributed by atoms with van der Waals surface area (Å²) in [6.45, 7) is 3.34. The van der Waals surface area contributed by atoms with Gasteiger partial charge in [0, 0.05) is 20.0 Å². The van der Waals surface area contributed by atoms with Crippen LogP contribution in [0.2, 0.25) is 0 Å². The van der Waals surface area contributed by atoms with Gasteiger partial charge in [-0.1, -0.05) is 90.4 Å². The molecule has 1 heterocycles. The second-order valence-electron chi connectivity index (χ2n) is 11.6. The fraction of sp³-hybridized carbons (Fsp3) is 0.935. The van der Waals surface area contributed by atoms with E-state index in [2.05, 4.69) is 12.2 Å². The van der Waals surface area contributed by atoms with E-state index in [0.29, 0.717) is 6.61 Å². The Morgan fingerprint density at radius 1 is 0.886 bits per heavy atom. The Hall–Kier alpha value is -0.380. The van der Waals surface area contributed by atoms with Gasteiger partial charge >= 0.3 is 29.6 Å². The van der Waals surface area contributed by atoms with Crippen molar-refractivity contribution in [3.63, 3.8) is 0 Å². The number of ether oxygens (including phenoxy) is 4. The number of hydrogen-bond acceptors (Lipinski definition) is 11. The SMILES string of the molecule is CCCCCCCCCCCCCCCCOCOCCCOC1(C(=O)[O-])CC(O)C(NC(C)=O)C([C@@H](O)[C@H](O)CO)O1.[Na+]. The van der Waals surface area contributed by atoms with Gasteiger partial charge in [0.25, 0.3) is 0 Å². The minimum Gasteiger partial charge on any atom is -0.544 e. The molecule has 5 N–H and O–H groups in total. The van der Waals surface area contributed by atoms with E-state index in [-0.39, 0.29) is 56.0 Å². The molecule has 1 saturated heterocycles. The van der Waals surface area contributed by atoms with Crippen molar-refractivity contribution in [2.24, 2.45) is 0 Å². The van der Waals surface area contributed by atoms with Gasteiger partial charge in [-0.3, -0.25) is 4.79 Å². The van der Waals surface area contributed by atoms with Crippen LogP contribution in [0.4, 0.5) is 0 Å². The number of unbranched alkanes of at least 4 members (excludes halogenated alkanes) is 13. The Bertz CT molecular complexity index is 735. The van der Waals surface area contributed by atoms with E-state index in [1.807, 2.05) is 0 Å². The molecule has 1 amide bonds. The van der Waals surface area contributed by atoms with Gasteiger partial charge in [-0.2, -0.15) is 0 Å². The summed E-state index contributed by atoms with van der Waals surface area (Å²) in [6.07, 6.45) is 11.1. The quantitative estimate of drug-likeness (QED) is 0.0406. The van der Waals surface area contributed by atoms with Gasteiger partial charge in [-0.25, -0.2) is 0 Å². The summed E-state index contributed by atoms with van der Waals surface area (Å²) in [5.74, 6) is -4.81. The van der Waals surface area contributed by atoms with E-state index in [4.69, 9.17) is 18.9 Å². The maximum absolute atomic E-state index is 12.0. The number of aliphatic carboxylic acids is 1. The van der Waals surface area contributed by atoms with E-state index >= 15 is 0 Å². The zero-order valence-electron chi connectivity index (χ0n) is 27.4. The van der Waals surface area contributed by atoms with Gasteiger partial charge in [0.15, 0.2) is 0 Å². The third-order valence-corrected chi connectivity index (χ3v) is 7.75. The molecule has 1 fully saturated rings. The van der Waals surface area contributed by atoms with Gasteiger partial charge in [0.2, 0.25) is 11.7 Å². The molecule has 44 heavy (non-hydrogen) atoms. The molecular formula is C31H58NNaO11. The normalized spacial score (nSPS) is 23.1. The maximum atomic E-state index is 12.0. The molecule has 6 atom stereocenters. The first-order valence-corrected chi connectivity index (χ1v) is 16.3. The summed E-state index contributed by atoms with van der Waals surface area (Å²) in [4.78, 5) is 23.6. The van der Waals surface area contributed by atoms with E-state index in [0.717, 1.165) is 12.8 Å². The van der Waals surface area contributed by atoms with Crippen LogP contribution in [0.3, 0.4) is 0 Å². The number of nitrogens with one attached hydrogen (secondary N) is 1. The molecular weight excluding hydrogens is 585 g/mol. The predicted molar refractivity (Wildman–Crippen MR) is 158 cm³/mol. The second-order valence-corrected chi connectivity index (χ2v) is 11.6. The minimum absolute atomic E-state index is 0. The van der Waals surface area contributed by atoms with Crippen molar-refractivity contribution in [3.8, 4) is 0 Å². The molecule has 1 rings (SSSR count). The van der Waals surface area contributed by atoms with Crippen LogP contribution in [0.25, 0.3) is 0 Å². The van der Waals surface area contributed by atoms with Crippen LogP contribution < -0.4 is 40.0 Å². The number of carbonyl (C=O) groups excluding carboxylic acids is 2. The van der Waals surface area contributed by atoms with E-state index in [1.165, 1.54) is 84.0 Å². The Morgan fingerprint density at radius 2 is 1.39 bits per heavy atom. The number of carboxylic acid groups (broad SMARTS) is 1. The number of aliphatic hydroxyl groups excluding tert-OH is 4. The van der Waals surface area contributed by atoms with Crippen LogP contribution in [-0.4, -0.2) is 102 Å². The molecule has 0 aromatic heterocycles. The molecule has 0 saturated carbocycles. The van der Waals surface area contributed by atoms with Crippen molar-refractivity contribution in [1.82, 2.24) is 5.32 Å². The van der Waals surface area contributed by atoms with Gasteiger partial charge in [0.1, 0.15) is 31.1 Å². The molecule has 4 unspecified atom stereocenters. The standard InChI is InChI=1S/C31H59NO11.Na/c1-3-4-5-6-7-8-9-10-11-12-13-14-15-16-18-40-23-41-19-17-20-42-31(30(38)39)21-25(35)27(32-24(2)34)29(43-31)28(37)26(36)22-33;/h25-29,33,35-37H,3-23H2,1-2H3,(H,32,34)(H,38,39);/q;+1/p-1/t25?,26-,27?,28+,29?,31?;/m1./s1. The van der Waals surface area contributed by atoms with Crippen molar-refractivity contribution in [2.45, 2.75) is 153 Å². The molecule has 12 nitrogen and oxygen atoms in total. The van der Waals surface area contributed by atoms with Crippen molar-refractivity contribution < 1.29 is 83.6 Å². The van der Waals surface area contributed by atoms with Crippen molar-refractivity contribution in [3.05, 3.63) is 0 Å². The van der Waals surface area contributed by atoms with E-state index < -0.39 is 61.1 Å². The van der Waals surface area contributed by atoms with Crippen molar-refractivity contribution in [2.75, 3.05) is 33.2 Å². The summed E-state index contributed by atoms with van der Waals surface area (Å²) in [6, 6.07) is -1.26. The van der Waals surface area contributed by atoms with Crippen LogP contribution in [0, 0.1) is 0 Å². The predicted octanol–water partition coefficient (Wildman–Crippen LogP) is -1.32. The first kappa shape index (κ1) is 43.6. The van der Waals surface area contributed by atoms with Crippen LogP contribution in [0.1, 0.15) is 117 Å². The average Bonchev–Trinajstić information content (AvgIpc) is 2.98. The number of aliphatic hydroxyl groups is 4. The molecule has 0 spiro atoms. The number of amides is 1. The first-order valence-electron chi connectivity index (χ1n) is 16.3. The molecule has 1 aliphatic rings. The first-order chi connectivity index (χ1) is 20.7. The fourth-order valence-corrected chi connectivity index (χ4v) is 5.24. The fourth-order valence-electron chi connectivity index (χ4n) is 5.24. The second kappa shape index (κ2) is 26.7. The molecule has 254 valence electrons. The van der Waals surface area contributed by atoms with Crippen molar-refractivity contribution >= 4 is 11.9 Å². The molecule has 13 heteroatoms.